The first-order valence-corrected chi connectivity index (χ1v) is 8.57. The van der Waals surface area contributed by atoms with Crippen LogP contribution in [-0.4, -0.2) is 26.1 Å². The summed E-state index contributed by atoms with van der Waals surface area (Å²) in [6, 6.07) is 13.7. The van der Waals surface area contributed by atoms with Crippen LogP contribution in [-0.2, 0) is 16.8 Å². The van der Waals surface area contributed by atoms with Crippen LogP contribution in [0.1, 0.15) is 17.5 Å². The fraction of sp³-hybridized carbons (Fsp3) is 0.316. The molecule has 7 heteroatoms. The van der Waals surface area contributed by atoms with Gasteiger partial charge in [-0.3, -0.25) is 4.79 Å². The number of fused-ring (bicyclic) bond motifs is 2. The molecule has 4 rings (SSSR count). The van der Waals surface area contributed by atoms with Gasteiger partial charge in [0, 0.05) is 34.9 Å². The molecule has 2 heterocycles. The largest absolute Gasteiger partial charge is 0.497 e. The van der Waals surface area contributed by atoms with Crippen LogP contribution in [0.2, 0.25) is 0 Å². The fourth-order valence-electron chi connectivity index (χ4n) is 4.11. The van der Waals surface area contributed by atoms with Crippen molar-refractivity contribution in [2.45, 2.75) is 18.4 Å². The topological polar surface area (TPSA) is 90.3 Å². The monoisotopic (exact) mass is 349 g/mol. The number of azide groups is 1. The number of methoxy groups -OCH3 is 1. The van der Waals surface area contributed by atoms with Gasteiger partial charge in [-0.25, -0.2) is 0 Å². The van der Waals surface area contributed by atoms with Crippen molar-refractivity contribution in [3.8, 4) is 5.75 Å². The Morgan fingerprint density at radius 2 is 2.19 bits per heavy atom. The number of hydrogen-bond acceptors (Lipinski definition) is 4. The number of ether oxygens (including phenoxy) is 1. The number of hydrogen-bond donors (Lipinski definition) is 1. The van der Waals surface area contributed by atoms with Crippen molar-refractivity contribution >= 4 is 17.3 Å². The Hall–Kier alpha value is -3.18. The third-order valence-corrected chi connectivity index (χ3v) is 5.28. The van der Waals surface area contributed by atoms with E-state index in [0.717, 1.165) is 41.2 Å². The molecular weight excluding hydrogens is 330 g/mol. The van der Waals surface area contributed by atoms with Crippen molar-refractivity contribution in [2.75, 3.05) is 30.4 Å². The second-order valence-electron chi connectivity index (χ2n) is 6.46. The summed E-state index contributed by atoms with van der Waals surface area (Å²) in [5, 5.41) is 6.70. The number of nitrogens with one attached hydrogen (secondary N) is 1. The third-order valence-electron chi connectivity index (χ3n) is 5.28. The standard InChI is InChI=1S/C19H19N5O2/c1-26-14-6-7-17-13(12-14)8-11-24(17)19(9-10-21-23-20)15-4-2-3-5-16(15)22-18(19)25/h2-7,12H,8-11H2,1H3,(H,22,25)/t19-/m0/s1. The molecule has 0 unspecified atom stereocenters. The molecule has 2 aliphatic rings. The minimum atomic E-state index is -0.870. The lowest BCUT2D eigenvalue weighted by Gasteiger charge is -2.39. The molecule has 132 valence electrons. The molecular formula is C19H19N5O2. The van der Waals surface area contributed by atoms with Gasteiger partial charge in [0.1, 0.15) is 11.3 Å². The van der Waals surface area contributed by atoms with E-state index in [1.807, 2.05) is 42.5 Å². The molecule has 0 fully saturated rings. The molecule has 7 nitrogen and oxygen atoms in total. The summed E-state index contributed by atoms with van der Waals surface area (Å²) in [6.45, 7) is 0.973. The zero-order chi connectivity index (χ0) is 18.1. The molecule has 2 aromatic carbocycles. The summed E-state index contributed by atoms with van der Waals surface area (Å²) in [4.78, 5) is 18.2. The molecule has 0 saturated heterocycles. The molecule has 0 spiro atoms. The minimum absolute atomic E-state index is 0.0736. The highest BCUT2D eigenvalue weighted by molar-refractivity contribution is 6.08. The van der Waals surface area contributed by atoms with Gasteiger partial charge in [0.25, 0.3) is 5.91 Å². The number of carbonyl (C=O) groups is 1. The number of rotatable bonds is 5. The minimum Gasteiger partial charge on any atom is -0.497 e. The van der Waals surface area contributed by atoms with Crippen LogP contribution in [0.3, 0.4) is 0 Å². The average Bonchev–Trinajstić information content (AvgIpc) is 3.21. The Labute approximate surface area is 151 Å². The summed E-state index contributed by atoms with van der Waals surface area (Å²) >= 11 is 0. The third kappa shape index (κ3) is 2.29. The maximum atomic E-state index is 13.2. The lowest BCUT2D eigenvalue weighted by molar-refractivity contribution is -0.121. The van der Waals surface area contributed by atoms with Crippen LogP contribution in [0, 0.1) is 0 Å². The predicted octanol–water partition coefficient (Wildman–Crippen LogP) is 3.61. The predicted molar refractivity (Wildman–Crippen MR) is 99.4 cm³/mol. The molecule has 2 aromatic rings. The zero-order valence-electron chi connectivity index (χ0n) is 14.5. The van der Waals surface area contributed by atoms with E-state index in [-0.39, 0.29) is 12.5 Å². The van der Waals surface area contributed by atoms with Crippen molar-refractivity contribution in [3.05, 3.63) is 64.0 Å². The Bertz CT molecular complexity index is 922. The van der Waals surface area contributed by atoms with Crippen molar-refractivity contribution in [3.63, 3.8) is 0 Å². The van der Waals surface area contributed by atoms with Crippen LogP contribution < -0.4 is 15.0 Å². The summed E-state index contributed by atoms with van der Waals surface area (Å²) < 4.78 is 5.33. The van der Waals surface area contributed by atoms with Gasteiger partial charge in [-0.1, -0.05) is 23.3 Å². The van der Waals surface area contributed by atoms with Crippen molar-refractivity contribution in [1.29, 1.82) is 0 Å². The number of benzene rings is 2. The average molecular weight is 349 g/mol. The molecule has 1 atom stereocenters. The zero-order valence-corrected chi connectivity index (χ0v) is 14.5. The first-order valence-electron chi connectivity index (χ1n) is 8.57. The van der Waals surface area contributed by atoms with Crippen molar-refractivity contribution in [1.82, 2.24) is 0 Å². The first-order chi connectivity index (χ1) is 12.7. The summed E-state index contributed by atoms with van der Waals surface area (Å²) in [7, 11) is 1.65. The fourth-order valence-corrected chi connectivity index (χ4v) is 4.11. The second kappa shape index (κ2) is 6.28. The number of nitrogens with zero attached hydrogens (tertiary/aromatic N) is 4. The highest BCUT2D eigenvalue weighted by Crippen LogP contribution is 2.48. The molecule has 26 heavy (non-hydrogen) atoms. The van der Waals surface area contributed by atoms with E-state index in [0.29, 0.717) is 6.42 Å². The van der Waals surface area contributed by atoms with Gasteiger partial charge in [-0.15, -0.1) is 0 Å². The van der Waals surface area contributed by atoms with E-state index in [1.54, 1.807) is 7.11 Å². The number of anilines is 2. The van der Waals surface area contributed by atoms with Gasteiger partial charge >= 0.3 is 0 Å². The summed E-state index contributed by atoms with van der Waals surface area (Å²) in [5.41, 5.74) is 11.8. The van der Waals surface area contributed by atoms with E-state index in [2.05, 4.69) is 20.2 Å². The van der Waals surface area contributed by atoms with Gasteiger partial charge in [0.05, 0.1) is 7.11 Å². The van der Waals surface area contributed by atoms with Crippen LogP contribution in [0.4, 0.5) is 11.4 Å². The molecule has 0 saturated carbocycles. The van der Waals surface area contributed by atoms with E-state index in [4.69, 9.17) is 10.3 Å². The second-order valence-corrected chi connectivity index (χ2v) is 6.46. The Kier molecular flexibility index (Phi) is 3.93. The highest BCUT2D eigenvalue weighted by atomic mass is 16.5. The highest BCUT2D eigenvalue weighted by Gasteiger charge is 2.52. The van der Waals surface area contributed by atoms with E-state index >= 15 is 0 Å². The number of para-hydroxylation sites is 1. The first kappa shape index (κ1) is 16.3. The Morgan fingerprint density at radius 3 is 3.00 bits per heavy atom. The number of carbonyl (C=O) groups excluding carboxylic acids is 1. The molecule has 0 aliphatic carbocycles. The summed E-state index contributed by atoms with van der Waals surface area (Å²) in [5.74, 6) is 0.737. The van der Waals surface area contributed by atoms with Gasteiger partial charge in [0.2, 0.25) is 0 Å². The van der Waals surface area contributed by atoms with E-state index in [9.17, 15) is 4.79 Å². The maximum Gasteiger partial charge on any atom is 0.255 e. The Morgan fingerprint density at radius 1 is 1.35 bits per heavy atom. The molecule has 1 amide bonds. The SMILES string of the molecule is COc1ccc2c(c1)CCN2[C@]1(CCN=[N+]=[N-])C(=O)Nc2ccccc21. The van der Waals surface area contributed by atoms with Crippen LogP contribution >= 0.6 is 0 Å². The van der Waals surface area contributed by atoms with Gasteiger partial charge < -0.3 is 15.0 Å². The molecule has 1 N–H and O–H groups in total. The van der Waals surface area contributed by atoms with Crippen LogP contribution in [0.5, 0.6) is 5.75 Å². The lowest BCUT2D eigenvalue weighted by Crippen LogP contribution is -2.51. The molecule has 0 aromatic heterocycles. The smallest absolute Gasteiger partial charge is 0.255 e. The van der Waals surface area contributed by atoms with Crippen LogP contribution in [0.25, 0.3) is 10.4 Å². The van der Waals surface area contributed by atoms with Crippen LogP contribution in [0.15, 0.2) is 47.6 Å². The normalized spacial score (nSPS) is 20.2. The summed E-state index contributed by atoms with van der Waals surface area (Å²) in [6.07, 6.45) is 1.26. The maximum absolute atomic E-state index is 13.2. The van der Waals surface area contributed by atoms with E-state index < -0.39 is 5.54 Å². The van der Waals surface area contributed by atoms with E-state index in [1.165, 1.54) is 0 Å². The van der Waals surface area contributed by atoms with Gasteiger partial charge in [-0.05, 0) is 48.2 Å². The van der Waals surface area contributed by atoms with Gasteiger partial charge in [-0.2, -0.15) is 0 Å². The molecule has 0 bridgehead atoms. The van der Waals surface area contributed by atoms with Gasteiger partial charge in [0.15, 0.2) is 0 Å². The number of amides is 1. The molecule has 2 aliphatic heterocycles. The molecule has 0 radical (unpaired) electrons. The van der Waals surface area contributed by atoms with Crippen molar-refractivity contribution in [2.24, 2.45) is 5.11 Å². The lowest BCUT2D eigenvalue weighted by atomic mass is 9.85. The van der Waals surface area contributed by atoms with Crippen molar-refractivity contribution < 1.29 is 9.53 Å². The Balaban J connectivity index is 1.84. The quantitative estimate of drug-likeness (QED) is 0.508.